The van der Waals surface area contributed by atoms with E-state index in [0.29, 0.717) is 6.42 Å². The summed E-state index contributed by atoms with van der Waals surface area (Å²) in [5.41, 5.74) is 1.07. The van der Waals surface area contributed by atoms with Gasteiger partial charge in [0.05, 0.1) is 11.5 Å². The molecule has 2 rings (SSSR count). The molecule has 1 aliphatic carbocycles. The second-order valence-corrected chi connectivity index (χ2v) is 9.73. The number of nitriles is 1. The molecule has 0 amide bonds. The molecule has 1 aliphatic heterocycles. The minimum atomic E-state index is -0.810. The summed E-state index contributed by atoms with van der Waals surface area (Å²) in [4.78, 5) is 18.1. The standard InChI is InChI=1S/C22H30N2O/c1-14(2)17-12-21(9,13-23)22(24-17)10-15(19(3,4)5)18(25)16(11-22)20(6,7)8/h10-11H,1,12H2,2-9H3. The van der Waals surface area contributed by atoms with E-state index in [0.717, 1.165) is 22.4 Å². The summed E-state index contributed by atoms with van der Waals surface area (Å²) in [5.74, 6) is 0.0740. The van der Waals surface area contributed by atoms with Gasteiger partial charge >= 0.3 is 0 Å². The SMILES string of the molecule is C=C(C)C1=NC2(C=C(C(C)(C)C)C(=O)C(C(C)(C)C)=C2)C(C)(C#N)C1. The molecule has 1 spiro atoms. The molecule has 0 N–H and O–H groups in total. The third kappa shape index (κ3) is 3.03. The van der Waals surface area contributed by atoms with Crippen LogP contribution in [0.5, 0.6) is 0 Å². The monoisotopic (exact) mass is 338 g/mol. The second kappa shape index (κ2) is 5.53. The highest BCUT2D eigenvalue weighted by molar-refractivity contribution is 6.12. The molecular weight excluding hydrogens is 308 g/mol. The van der Waals surface area contributed by atoms with Gasteiger partial charge in [-0.2, -0.15) is 5.26 Å². The Kier molecular flexibility index (Phi) is 4.28. The van der Waals surface area contributed by atoms with Crippen LogP contribution in [0.3, 0.4) is 0 Å². The van der Waals surface area contributed by atoms with E-state index in [4.69, 9.17) is 4.99 Å². The lowest BCUT2D eigenvalue weighted by molar-refractivity contribution is -0.114. The van der Waals surface area contributed by atoms with Crippen LogP contribution in [0.15, 0.2) is 40.4 Å². The molecule has 0 saturated heterocycles. The molecule has 3 heteroatoms. The average molecular weight is 338 g/mol. The molecule has 1 heterocycles. The normalized spacial score (nSPS) is 26.0. The number of allylic oxidation sites excluding steroid dienone is 3. The fourth-order valence-electron chi connectivity index (χ4n) is 3.49. The Morgan fingerprint density at radius 2 is 1.60 bits per heavy atom. The number of rotatable bonds is 1. The van der Waals surface area contributed by atoms with Gasteiger partial charge in [0.15, 0.2) is 5.78 Å². The molecule has 0 aromatic carbocycles. The first kappa shape index (κ1) is 19.4. The van der Waals surface area contributed by atoms with Crippen molar-refractivity contribution < 1.29 is 4.79 Å². The summed E-state index contributed by atoms with van der Waals surface area (Å²) in [6.07, 6.45) is 4.45. The minimum Gasteiger partial charge on any atom is -0.289 e. The fourth-order valence-corrected chi connectivity index (χ4v) is 3.49. The predicted molar refractivity (Wildman–Crippen MR) is 103 cm³/mol. The Labute approximate surface area is 152 Å². The van der Waals surface area contributed by atoms with Crippen LogP contribution in [0.1, 0.15) is 61.8 Å². The summed E-state index contributed by atoms with van der Waals surface area (Å²) < 4.78 is 0. The third-order valence-corrected chi connectivity index (χ3v) is 5.30. The van der Waals surface area contributed by atoms with Crippen LogP contribution in [0.25, 0.3) is 0 Å². The number of hydrogen-bond acceptors (Lipinski definition) is 3. The number of nitrogens with zero attached hydrogens (tertiary/aromatic N) is 2. The Hall–Kier alpha value is -1.95. The summed E-state index contributed by atoms with van der Waals surface area (Å²) in [6.45, 7) is 20.1. The maximum absolute atomic E-state index is 13.2. The zero-order chi connectivity index (χ0) is 19.4. The van der Waals surface area contributed by atoms with Crippen molar-refractivity contribution in [1.82, 2.24) is 0 Å². The largest absolute Gasteiger partial charge is 0.289 e. The van der Waals surface area contributed by atoms with E-state index in [1.54, 1.807) is 0 Å². The highest BCUT2D eigenvalue weighted by Gasteiger charge is 2.55. The molecule has 0 aromatic heterocycles. The Bertz CT molecular complexity index is 738. The van der Waals surface area contributed by atoms with Crippen LogP contribution in [0, 0.1) is 27.6 Å². The van der Waals surface area contributed by atoms with E-state index in [-0.39, 0.29) is 16.6 Å². The zero-order valence-corrected chi connectivity index (χ0v) is 16.9. The van der Waals surface area contributed by atoms with Crippen LogP contribution in [-0.4, -0.2) is 17.0 Å². The summed E-state index contributed by atoms with van der Waals surface area (Å²) in [5, 5.41) is 9.99. The van der Waals surface area contributed by atoms with Crippen LogP contribution >= 0.6 is 0 Å². The van der Waals surface area contributed by atoms with Crippen molar-refractivity contribution in [2.75, 3.05) is 0 Å². The summed E-state index contributed by atoms with van der Waals surface area (Å²) >= 11 is 0. The van der Waals surface area contributed by atoms with Crippen LogP contribution in [0.2, 0.25) is 0 Å². The maximum atomic E-state index is 13.2. The van der Waals surface area contributed by atoms with Gasteiger partial charge in [0, 0.05) is 23.3 Å². The van der Waals surface area contributed by atoms with Gasteiger partial charge in [0.1, 0.15) is 5.54 Å². The summed E-state index contributed by atoms with van der Waals surface area (Å²) in [6, 6.07) is 2.49. The van der Waals surface area contributed by atoms with Crippen molar-refractivity contribution in [3.8, 4) is 6.07 Å². The molecule has 1 unspecified atom stereocenters. The minimum absolute atomic E-state index is 0.0740. The molecule has 0 aromatic rings. The fraction of sp³-hybridized carbons (Fsp3) is 0.591. The zero-order valence-electron chi connectivity index (χ0n) is 16.9. The smallest absolute Gasteiger partial charge is 0.185 e. The van der Waals surface area contributed by atoms with Gasteiger partial charge in [-0.1, -0.05) is 48.1 Å². The summed E-state index contributed by atoms with van der Waals surface area (Å²) in [7, 11) is 0. The third-order valence-electron chi connectivity index (χ3n) is 5.30. The lowest BCUT2D eigenvalue weighted by Gasteiger charge is -2.40. The molecule has 0 fully saturated rings. The molecule has 134 valence electrons. The lowest BCUT2D eigenvalue weighted by Crippen LogP contribution is -2.43. The lowest BCUT2D eigenvalue weighted by atomic mass is 9.62. The molecule has 25 heavy (non-hydrogen) atoms. The number of carbonyl (C=O) groups is 1. The van der Waals surface area contributed by atoms with Crippen LogP contribution < -0.4 is 0 Å². The number of aliphatic imine (C=N–C) groups is 1. The van der Waals surface area contributed by atoms with Crippen molar-refractivity contribution in [2.24, 2.45) is 21.2 Å². The van der Waals surface area contributed by atoms with Crippen molar-refractivity contribution in [1.29, 1.82) is 5.26 Å². The van der Waals surface area contributed by atoms with E-state index in [1.165, 1.54) is 0 Å². The molecule has 1 atom stereocenters. The Balaban J connectivity index is 2.86. The number of Topliss-reactive ketones (excluding diaryl/α,β-unsaturated/α-hetero) is 1. The predicted octanol–water partition coefficient (Wildman–Crippen LogP) is 5.20. The van der Waals surface area contributed by atoms with E-state index >= 15 is 0 Å². The molecular formula is C22H30N2O. The highest BCUT2D eigenvalue weighted by Crippen LogP contribution is 2.52. The Morgan fingerprint density at radius 3 is 1.92 bits per heavy atom. The van der Waals surface area contributed by atoms with Crippen molar-refractivity contribution in [2.45, 2.75) is 67.3 Å². The van der Waals surface area contributed by atoms with E-state index in [1.807, 2.05) is 67.5 Å². The van der Waals surface area contributed by atoms with Crippen molar-refractivity contribution in [3.63, 3.8) is 0 Å². The number of hydrogen-bond donors (Lipinski definition) is 0. The molecule has 3 nitrogen and oxygen atoms in total. The van der Waals surface area contributed by atoms with E-state index in [9.17, 15) is 10.1 Å². The number of ketones is 1. The first-order valence-corrected chi connectivity index (χ1v) is 8.84. The van der Waals surface area contributed by atoms with Gasteiger partial charge in [0.2, 0.25) is 0 Å². The highest BCUT2D eigenvalue weighted by atomic mass is 16.1. The van der Waals surface area contributed by atoms with Gasteiger partial charge in [-0.05, 0) is 42.4 Å². The van der Waals surface area contributed by atoms with Gasteiger partial charge < -0.3 is 0 Å². The van der Waals surface area contributed by atoms with Gasteiger partial charge in [-0.25, -0.2) is 0 Å². The van der Waals surface area contributed by atoms with Crippen LogP contribution in [0.4, 0.5) is 0 Å². The second-order valence-electron chi connectivity index (χ2n) is 9.73. The van der Waals surface area contributed by atoms with Gasteiger partial charge in [-0.3, -0.25) is 9.79 Å². The molecule has 0 bridgehead atoms. The quantitative estimate of drug-likeness (QED) is 0.659. The first-order chi connectivity index (χ1) is 11.2. The van der Waals surface area contributed by atoms with Crippen molar-refractivity contribution >= 4 is 11.5 Å². The maximum Gasteiger partial charge on any atom is 0.185 e. The number of carbonyl (C=O) groups excluding carboxylic acids is 1. The molecule has 0 radical (unpaired) electrons. The van der Waals surface area contributed by atoms with Crippen LogP contribution in [-0.2, 0) is 4.79 Å². The molecule has 0 saturated carbocycles. The van der Waals surface area contributed by atoms with E-state index < -0.39 is 11.0 Å². The van der Waals surface area contributed by atoms with Gasteiger partial charge in [-0.15, -0.1) is 0 Å². The van der Waals surface area contributed by atoms with Crippen molar-refractivity contribution in [3.05, 3.63) is 35.5 Å². The topological polar surface area (TPSA) is 53.2 Å². The Morgan fingerprint density at radius 1 is 1.16 bits per heavy atom. The van der Waals surface area contributed by atoms with E-state index in [2.05, 4.69) is 12.6 Å². The molecule has 2 aliphatic rings. The average Bonchev–Trinajstić information content (AvgIpc) is 2.73. The van der Waals surface area contributed by atoms with Gasteiger partial charge in [0.25, 0.3) is 0 Å². The first-order valence-electron chi connectivity index (χ1n) is 8.84.